The summed E-state index contributed by atoms with van der Waals surface area (Å²) in [4.78, 5) is 37.0. The van der Waals surface area contributed by atoms with Gasteiger partial charge in [0.2, 0.25) is 0 Å². The van der Waals surface area contributed by atoms with E-state index in [-0.39, 0.29) is 6.04 Å². The fourth-order valence-electron chi connectivity index (χ4n) is 2.49. The summed E-state index contributed by atoms with van der Waals surface area (Å²) in [5.74, 6) is -1.15. The van der Waals surface area contributed by atoms with Crippen molar-refractivity contribution in [3.63, 3.8) is 0 Å². The quantitative estimate of drug-likeness (QED) is 0.630. The number of urea groups is 1. The molecule has 0 radical (unpaired) electrons. The van der Waals surface area contributed by atoms with Crippen molar-refractivity contribution in [1.29, 1.82) is 0 Å². The summed E-state index contributed by atoms with van der Waals surface area (Å²) in [7, 11) is 0. The molecule has 1 aromatic rings. The Labute approximate surface area is 146 Å². The highest BCUT2D eigenvalue weighted by Gasteiger charge is 2.19. The molecule has 0 bridgehead atoms. The van der Waals surface area contributed by atoms with Crippen molar-refractivity contribution in [2.45, 2.75) is 58.4 Å². The van der Waals surface area contributed by atoms with E-state index in [0.29, 0.717) is 4.88 Å². The Morgan fingerprint density at radius 1 is 1.25 bits per heavy atom. The van der Waals surface area contributed by atoms with Gasteiger partial charge in [0.05, 0.1) is 0 Å². The zero-order chi connectivity index (χ0) is 17.5. The van der Waals surface area contributed by atoms with Gasteiger partial charge in [-0.3, -0.25) is 10.1 Å². The molecule has 1 atom stereocenters. The first-order valence-electron chi connectivity index (χ1n) is 8.38. The third-order valence-corrected chi connectivity index (χ3v) is 5.24. The van der Waals surface area contributed by atoms with Crippen LogP contribution in [0, 0.1) is 0 Å². The van der Waals surface area contributed by atoms with Gasteiger partial charge < -0.3 is 10.1 Å². The lowest BCUT2D eigenvalue weighted by Crippen LogP contribution is -2.44. The van der Waals surface area contributed by atoms with E-state index in [1.54, 1.807) is 0 Å². The van der Waals surface area contributed by atoms with Gasteiger partial charge >= 0.3 is 12.0 Å². The Balaban J connectivity index is 1.80. The lowest BCUT2D eigenvalue weighted by atomic mass is 10.1. The Bertz CT molecular complexity index is 588. The largest absolute Gasteiger partial charge is 0.451 e. The molecule has 1 heterocycles. The maximum atomic E-state index is 12.1. The van der Waals surface area contributed by atoms with Gasteiger partial charge in [-0.2, -0.15) is 0 Å². The summed E-state index contributed by atoms with van der Waals surface area (Å²) in [5.41, 5.74) is 1.22. The van der Waals surface area contributed by atoms with Crippen LogP contribution in [-0.2, 0) is 22.4 Å². The highest BCUT2D eigenvalue weighted by molar-refractivity contribution is 7.14. The first-order valence-corrected chi connectivity index (χ1v) is 9.20. The van der Waals surface area contributed by atoms with Gasteiger partial charge in [-0.05, 0) is 50.7 Å². The van der Waals surface area contributed by atoms with E-state index >= 15 is 0 Å². The van der Waals surface area contributed by atoms with Gasteiger partial charge in [-0.25, -0.2) is 9.59 Å². The maximum Gasteiger partial charge on any atom is 0.348 e. The zero-order valence-electron chi connectivity index (χ0n) is 14.1. The van der Waals surface area contributed by atoms with Crippen LogP contribution in [0.25, 0.3) is 0 Å². The SMILES string of the molecule is CC[C@H](C)NC(=O)NC(=O)COC(=O)c1cc2c(s1)CCCCC2. The highest BCUT2D eigenvalue weighted by Crippen LogP contribution is 2.29. The molecule has 132 valence electrons. The average Bonchev–Trinajstić information content (AvgIpc) is 2.83. The minimum atomic E-state index is -0.637. The number of amides is 3. The number of thiophene rings is 1. The summed E-state index contributed by atoms with van der Waals surface area (Å²) in [6.45, 7) is 3.30. The first-order chi connectivity index (χ1) is 11.5. The summed E-state index contributed by atoms with van der Waals surface area (Å²) < 4.78 is 5.01. The van der Waals surface area contributed by atoms with E-state index in [1.807, 2.05) is 19.9 Å². The van der Waals surface area contributed by atoms with E-state index in [2.05, 4.69) is 10.6 Å². The number of imide groups is 1. The van der Waals surface area contributed by atoms with Crippen molar-refractivity contribution in [2.75, 3.05) is 6.61 Å². The summed E-state index contributed by atoms with van der Waals surface area (Å²) in [6.07, 6.45) is 6.28. The zero-order valence-corrected chi connectivity index (χ0v) is 15.0. The van der Waals surface area contributed by atoms with Crippen LogP contribution in [0.4, 0.5) is 4.79 Å². The van der Waals surface area contributed by atoms with Crippen LogP contribution >= 0.6 is 11.3 Å². The number of rotatable bonds is 5. The lowest BCUT2D eigenvalue weighted by Gasteiger charge is -2.11. The molecular weight excluding hydrogens is 328 g/mol. The standard InChI is InChI=1S/C17H24N2O4S/c1-3-11(2)18-17(22)19-15(20)10-23-16(21)14-9-12-7-5-4-6-8-13(12)24-14/h9,11H,3-8,10H2,1-2H3,(H2,18,19,20,22)/t11-/m0/s1. The van der Waals surface area contributed by atoms with E-state index in [1.165, 1.54) is 28.2 Å². The minimum absolute atomic E-state index is 0.0260. The molecular formula is C17H24N2O4S. The van der Waals surface area contributed by atoms with Crippen LogP contribution in [0.3, 0.4) is 0 Å². The van der Waals surface area contributed by atoms with Crippen molar-refractivity contribution in [3.8, 4) is 0 Å². The molecule has 2 rings (SSSR count). The molecule has 0 unspecified atom stereocenters. The van der Waals surface area contributed by atoms with Crippen molar-refractivity contribution in [1.82, 2.24) is 10.6 Å². The number of carbonyl (C=O) groups excluding carboxylic acids is 3. The van der Waals surface area contributed by atoms with Crippen molar-refractivity contribution < 1.29 is 19.1 Å². The predicted octanol–water partition coefficient (Wildman–Crippen LogP) is 2.80. The normalized spacial score (nSPS) is 14.9. The number of nitrogens with one attached hydrogen (secondary N) is 2. The molecule has 0 aliphatic heterocycles. The van der Waals surface area contributed by atoms with E-state index in [0.717, 1.165) is 32.1 Å². The first kappa shape index (κ1) is 18.4. The molecule has 1 aromatic heterocycles. The van der Waals surface area contributed by atoms with Gasteiger partial charge in [0.1, 0.15) is 4.88 Å². The lowest BCUT2D eigenvalue weighted by molar-refractivity contribution is -0.123. The Morgan fingerprint density at radius 3 is 2.75 bits per heavy atom. The van der Waals surface area contributed by atoms with Crippen LogP contribution < -0.4 is 10.6 Å². The van der Waals surface area contributed by atoms with Crippen molar-refractivity contribution in [2.24, 2.45) is 0 Å². The Morgan fingerprint density at radius 2 is 2.00 bits per heavy atom. The predicted molar refractivity (Wildman–Crippen MR) is 92.3 cm³/mol. The van der Waals surface area contributed by atoms with E-state index in [4.69, 9.17) is 4.74 Å². The van der Waals surface area contributed by atoms with Crippen molar-refractivity contribution in [3.05, 3.63) is 21.4 Å². The number of ether oxygens (including phenoxy) is 1. The summed E-state index contributed by atoms with van der Waals surface area (Å²) >= 11 is 1.45. The molecule has 1 aliphatic carbocycles. The van der Waals surface area contributed by atoms with Gasteiger partial charge in [0, 0.05) is 10.9 Å². The van der Waals surface area contributed by atoms with Gasteiger partial charge in [0.15, 0.2) is 6.61 Å². The molecule has 24 heavy (non-hydrogen) atoms. The van der Waals surface area contributed by atoms with Crippen LogP contribution in [0.5, 0.6) is 0 Å². The molecule has 0 aromatic carbocycles. The summed E-state index contributed by atoms with van der Waals surface area (Å²) in [5, 5.41) is 4.76. The fraction of sp³-hybridized carbons (Fsp3) is 0.588. The molecule has 1 aliphatic rings. The van der Waals surface area contributed by atoms with Gasteiger partial charge in [0.25, 0.3) is 5.91 Å². The highest BCUT2D eigenvalue weighted by atomic mass is 32.1. The number of aryl methyl sites for hydroxylation is 2. The monoisotopic (exact) mass is 352 g/mol. The number of fused-ring (bicyclic) bond motifs is 1. The molecule has 0 saturated heterocycles. The molecule has 0 saturated carbocycles. The second-order valence-electron chi connectivity index (χ2n) is 6.03. The second-order valence-corrected chi connectivity index (χ2v) is 7.16. The van der Waals surface area contributed by atoms with Crippen LogP contribution in [0.15, 0.2) is 6.07 Å². The smallest absolute Gasteiger partial charge is 0.348 e. The molecule has 6 nitrogen and oxygen atoms in total. The van der Waals surface area contributed by atoms with E-state index < -0.39 is 24.5 Å². The Hall–Kier alpha value is -1.89. The van der Waals surface area contributed by atoms with Crippen molar-refractivity contribution >= 4 is 29.2 Å². The molecule has 0 spiro atoms. The van der Waals surface area contributed by atoms with Crippen LogP contribution in [0.1, 0.15) is 59.6 Å². The third-order valence-electron chi connectivity index (χ3n) is 4.02. The van der Waals surface area contributed by atoms with Gasteiger partial charge in [-0.1, -0.05) is 13.3 Å². The third kappa shape index (κ3) is 5.33. The second kappa shape index (κ2) is 8.82. The van der Waals surface area contributed by atoms with Gasteiger partial charge in [-0.15, -0.1) is 11.3 Å². The van der Waals surface area contributed by atoms with E-state index in [9.17, 15) is 14.4 Å². The van der Waals surface area contributed by atoms with Crippen LogP contribution in [-0.4, -0.2) is 30.6 Å². The maximum absolute atomic E-state index is 12.1. The number of carbonyl (C=O) groups is 3. The number of esters is 1. The van der Waals surface area contributed by atoms with Crippen LogP contribution in [0.2, 0.25) is 0 Å². The summed E-state index contributed by atoms with van der Waals surface area (Å²) in [6, 6.07) is 1.27. The Kier molecular flexibility index (Phi) is 6.78. The number of hydrogen-bond donors (Lipinski definition) is 2. The number of hydrogen-bond acceptors (Lipinski definition) is 5. The molecule has 3 amide bonds. The molecule has 7 heteroatoms. The topological polar surface area (TPSA) is 84.5 Å². The fourth-order valence-corrected chi connectivity index (χ4v) is 3.64. The minimum Gasteiger partial charge on any atom is -0.451 e. The molecule has 2 N–H and O–H groups in total. The molecule has 0 fully saturated rings. The average molecular weight is 352 g/mol.